The molecule has 2 amide bonds. The van der Waals surface area contributed by atoms with Crippen LogP contribution in [0, 0.1) is 23.5 Å². The molecule has 0 spiro atoms. The summed E-state index contributed by atoms with van der Waals surface area (Å²) in [7, 11) is 1.56. The molecule has 10 nitrogen and oxygen atoms in total. The molecule has 0 radical (unpaired) electrons. The number of halogens is 2. The lowest BCUT2D eigenvalue weighted by Gasteiger charge is -2.31. The number of aliphatic carboxylic acids is 1. The van der Waals surface area contributed by atoms with E-state index in [-0.39, 0.29) is 31.0 Å². The highest BCUT2D eigenvalue weighted by Gasteiger charge is 2.61. The summed E-state index contributed by atoms with van der Waals surface area (Å²) in [5.74, 6) is -3.74. The molecule has 0 bridgehead atoms. The largest absolute Gasteiger partial charge is 0.497 e. The molecule has 2 aliphatic rings. The number of anilines is 1. The van der Waals surface area contributed by atoms with Crippen LogP contribution in [0.4, 0.5) is 14.5 Å². The zero-order valence-corrected chi connectivity index (χ0v) is 27.9. The number of nitrogens with one attached hydrogen (secondary N) is 2. The van der Waals surface area contributed by atoms with Gasteiger partial charge in [-0.15, -0.1) is 6.58 Å². The first kappa shape index (κ1) is 34.3. The molecule has 3 N–H and O–H groups in total. The maximum absolute atomic E-state index is 14.3. The maximum Gasteiger partial charge on any atom is 0.330 e. The second kappa shape index (κ2) is 13.8. The third-order valence-corrected chi connectivity index (χ3v) is 9.34. The smallest absolute Gasteiger partial charge is 0.330 e. The summed E-state index contributed by atoms with van der Waals surface area (Å²) in [5, 5.41) is 16.3. The van der Waals surface area contributed by atoms with Gasteiger partial charge in [0.05, 0.1) is 24.9 Å². The Labute approximate surface area is 288 Å². The van der Waals surface area contributed by atoms with Crippen molar-refractivity contribution in [2.75, 3.05) is 19.0 Å². The van der Waals surface area contributed by atoms with Crippen molar-refractivity contribution in [3.63, 3.8) is 0 Å². The van der Waals surface area contributed by atoms with Crippen LogP contribution < -0.4 is 20.1 Å². The SMILES string of the molecule is C=C[C@H]1CC1(NC(=O)[C@@H]1C[C@@H](Oc2cc(-c3ccccc3)nc3cc(OC)ccc23)CN1C(=O)[C@@H](Nc1cc(F)cc(F)c1)C(C)C)C(=O)O. The van der Waals surface area contributed by atoms with Crippen LogP contribution in [0.15, 0.2) is 85.5 Å². The van der Waals surface area contributed by atoms with Crippen LogP contribution in [-0.2, 0) is 14.4 Å². The zero-order valence-electron chi connectivity index (χ0n) is 27.9. The molecule has 1 aromatic heterocycles. The summed E-state index contributed by atoms with van der Waals surface area (Å²) in [6.07, 6.45) is 1.02. The van der Waals surface area contributed by atoms with Gasteiger partial charge in [0.25, 0.3) is 0 Å². The third-order valence-electron chi connectivity index (χ3n) is 9.34. The highest BCUT2D eigenvalue weighted by atomic mass is 19.1. The van der Waals surface area contributed by atoms with E-state index >= 15 is 0 Å². The number of hydrogen-bond donors (Lipinski definition) is 3. The lowest BCUT2D eigenvalue weighted by Crippen LogP contribution is -2.55. The molecule has 12 heteroatoms. The van der Waals surface area contributed by atoms with Gasteiger partial charge in [-0.25, -0.2) is 18.6 Å². The predicted octanol–water partition coefficient (Wildman–Crippen LogP) is 5.82. The van der Waals surface area contributed by atoms with Crippen LogP contribution in [0.3, 0.4) is 0 Å². The fraction of sp³-hybridized carbons (Fsp3) is 0.316. The summed E-state index contributed by atoms with van der Waals surface area (Å²) >= 11 is 0. The van der Waals surface area contributed by atoms with Crippen molar-refractivity contribution in [1.82, 2.24) is 15.2 Å². The summed E-state index contributed by atoms with van der Waals surface area (Å²) in [6.45, 7) is 7.21. The molecular weight excluding hydrogens is 646 g/mol. The summed E-state index contributed by atoms with van der Waals surface area (Å²) in [6, 6.07) is 17.5. The second-order valence-corrected chi connectivity index (χ2v) is 13.1. The number of nitrogens with zero attached hydrogens (tertiary/aromatic N) is 2. The van der Waals surface area contributed by atoms with Crippen LogP contribution in [0.1, 0.15) is 26.7 Å². The number of rotatable bonds is 12. The quantitative estimate of drug-likeness (QED) is 0.159. The molecule has 3 aromatic carbocycles. The van der Waals surface area contributed by atoms with Crippen LogP contribution in [0.25, 0.3) is 22.2 Å². The number of hydrogen-bond acceptors (Lipinski definition) is 7. The van der Waals surface area contributed by atoms with E-state index in [0.29, 0.717) is 28.1 Å². The molecule has 1 saturated carbocycles. The molecule has 4 aromatic rings. The molecule has 260 valence electrons. The molecule has 2 heterocycles. The highest BCUT2D eigenvalue weighted by Crippen LogP contribution is 2.45. The number of methoxy groups -OCH3 is 1. The Kier molecular flexibility index (Phi) is 9.46. The monoisotopic (exact) mass is 684 g/mol. The number of aromatic nitrogens is 1. The first-order valence-electron chi connectivity index (χ1n) is 16.3. The summed E-state index contributed by atoms with van der Waals surface area (Å²) in [4.78, 5) is 46.7. The lowest BCUT2D eigenvalue weighted by atomic mass is 10.0. The van der Waals surface area contributed by atoms with E-state index in [2.05, 4.69) is 17.2 Å². The van der Waals surface area contributed by atoms with E-state index in [9.17, 15) is 28.3 Å². The summed E-state index contributed by atoms with van der Waals surface area (Å²) in [5.41, 5.74) is 0.640. The van der Waals surface area contributed by atoms with Gasteiger partial charge in [0, 0.05) is 47.2 Å². The molecule has 1 aliphatic carbocycles. The molecular formula is C38H38F2N4O6. The van der Waals surface area contributed by atoms with Gasteiger partial charge in [0.15, 0.2) is 0 Å². The van der Waals surface area contributed by atoms with Gasteiger partial charge in [-0.1, -0.05) is 50.3 Å². The Hall–Kier alpha value is -5.52. The Morgan fingerprint density at radius 2 is 1.78 bits per heavy atom. The number of carbonyl (C=O) groups is 3. The van der Waals surface area contributed by atoms with Gasteiger partial charge in [-0.3, -0.25) is 9.59 Å². The summed E-state index contributed by atoms with van der Waals surface area (Å²) < 4.78 is 40.2. The standard InChI is InChI=1S/C38H38F2N4O6/c1-5-23-19-38(23,37(47)48)43-35(45)32-17-28(20-44(32)36(46)34(21(2)3)41-26-14-24(39)13-25(40)15-26)50-33-18-30(22-9-7-6-8-10-22)42-31-16-27(49-4)11-12-29(31)33/h5-16,18,21,23,28,32,34,41H,1,17,19-20H2,2-4H3,(H,43,45)(H,47,48)/t23-,28+,32-,34-,38?/m0/s1. The minimum absolute atomic E-state index is 0.0229. The average molecular weight is 685 g/mol. The normalized spacial score (nSPS) is 21.8. The van der Waals surface area contributed by atoms with E-state index in [0.717, 1.165) is 23.8 Å². The molecule has 50 heavy (non-hydrogen) atoms. The van der Waals surface area contributed by atoms with Crippen molar-refractivity contribution in [3.05, 3.63) is 97.1 Å². The topological polar surface area (TPSA) is 130 Å². The van der Waals surface area contributed by atoms with Crippen LogP contribution in [0.2, 0.25) is 0 Å². The van der Waals surface area contributed by atoms with E-state index in [1.165, 1.54) is 11.0 Å². The van der Waals surface area contributed by atoms with Crippen molar-refractivity contribution < 1.29 is 37.7 Å². The fourth-order valence-corrected chi connectivity index (χ4v) is 6.54. The Balaban J connectivity index is 1.35. The van der Waals surface area contributed by atoms with Crippen molar-refractivity contribution in [2.24, 2.45) is 11.8 Å². The second-order valence-electron chi connectivity index (χ2n) is 13.1. The van der Waals surface area contributed by atoms with E-state index in [4.69, 9.17) is 14.5 Å². The van der Waals surface area contributed by atoms with Gasteiger partial charge < -0.3 is 30.1 Å². The molecule has 1 aliphatic heterocycles. The predicted molar refractivity (Wildman–Crippen MR) is 184 cm³/mol. The first-order chi connectivity index (χ1) is 23.9. The first-order valence-corrected chi connectivity index (χ1v) is 16.3. The molecule has 1 saturated heterocycles. The number of ether oxygens (including phenoxy) is 2. The number of carboxylic acid groups (broad SMARTS) is 1. The molecule has 2 fully saturated rings. The number of carbonyl (C=O) groups excluding carboxylic acids is 2. The number of carboxylic acids is 1. The molecule has 6 rings (SSSR count). The molecule has 5 atom stereocenters. The average Bonchev–Trinajstić information content (AvgIpc) is 3.65. The van der Waals surface area contributed by atoms with Gasteiger partial charge in [-0.2, -0.15) is 0 Å². The minimum Gasteiger partial charge on any atom is -0.497 e. The van der Waals surface area contributed by atoms with E-state index in [1.807, 2.05) is 36.4 Å². The molecule has 1 unspecified atom stereocenters. The number of pyridine rings is 1. The van der Waals surface area contributed by atoms with Gasteiger partial charge in [-0.05, 0) is 36.6 Å². The van der Waals surface area contributed by atoms with Crippen LogP contribution in [-0.4, -0.2) is 70.2 Å². The van der Waals surface area contributed by atoms with Crippen molar-refractivity contribution in [1.29, 1.82) is 0 Å². The van der Waals surface area contributed by atoms with E-state index < -0.39 is 59.1 Å². The Morgan fingerprint density at radius 1 is 1.06 bits per heavy atom. The lowest BCUT2D eigenvalue weighted by molar-refractivity contribution is -0.145. The van der Waals surface area contributed by atoms with Gasteiger partial charge >= 0.3 is 5.97 Å². The minimum atomic E-state index is -1.52. The maximum atomic E-state index is 14.3. The number of amides is 2. The Bertz CT molecular complexity index is 1940. The highest BCUT2D eigenvalue weighted by molar-refractivity contribution is 5.96. The van der Waals surface area contributed by atoms with Gasteiger partial charge in [0.1, 0.15) is 46.9 Å². The Morgan fingerprint density at radius 3 is 2.40 bits per heavy atom. The van der Waals surface area contributed by atoms with Crippen LogP contribution >= 0.6 is 0 Å². The zero-order chi connectivity index (χ0) is 35.7. The van der Waals surface area contributed by atoms with Crippen molar-refractivity contribution in [3.8, 4) is 22.8 Å². The van der Waals surface area contributed by atoms with Gasteiger partial charge in [0.2, 0.25) is 11.8 Å². The third kappa shape index (κ3) is 6.83. The van der Waals surface area contributed by atoms with Crippen molar-refractivity contribution in [2.45, 2.75) is 50.4 Å². The fourth-order valence-electron chi connectivity index (χ4n) is 6.54. The van der Waals surface area contributed by atoms with Crippen LogP contribution in [0.5, 0.6) is 11.5 Å². The number of benzene rings is 3. The number of likely N-dealkylation sites (tertiary alicyclic amines) is 1. The van der Waals surface area contributed by atoms with E-state index in [1.54, 1.807) is 39.2 Å². The van der Waals surface area contributed by atoms with Crippen molar-refractivity contribution >= 4 is 34.4 Å². The number of fused-ring (bicyclic) bond motifs is 1.